The van der Waals surface area contributed by atoms with Gasteiger partial charge in [-0.15, -0.1) is 0 Å². The quantitative estimate of drug-likeness (QED) is 0.814. The van der Waals surface area contributed by atoms with Crippen molar-refractivity contribution in [3.8, 4) is 0 Å². The summed E-state index contributed by atoms with van der Waals surface area (Å²) in [5, 5.41) is 10.2. The highest BCUT2D eigenvalue weighted by atomic mass is 35.5. The first-order chi connectivity index (χ1) is 12.4. The predicted molar refractivity (Wildman–Crippen MR) is 95.2 cm³/mol. The molecule has 7 heteroatoms. The second-order valence-electron chi connectivity index (χ2n) is 6.16. The van der Waals surface area contributed by atoms with Crippen LogP contribution in [0.4, 0.5) is 5.69 Å². The van der Waals surface area contributed by atoms with Gasteiger partial charge in [0.25, 0.3) is 0 Å². The third-order valence-corrected chi connectivity index (χ3v) is 4.58. The summed E-state index contributed by atoms with van der Waals surface area (Å²) in [6.45, 7) is -0.462. The number of nitrogens with zero attached hydrogens (tertiary/aromatic N) is 1. The second kappa shape index (κ2) is 7.17. The highest BCUT2D eigenvalue weighted by Gasteiger charge is 2.50. The van der Waals surface area contributed by atoms with Crippen LogP contribution in [0.25, 0.3) is 0 Å². The maximum Gasteiger partial charge on any atom is 0.338 e. The lowest BCUT2D eigenvalue weighted by molar-refractivity contribution is -0.151. The summed E-state index contributed by atoms with van der Waals surface area (Å²) in [5.41, 5.74) is -0.606. The maximum absolute atomic E-state index is 12.4. The largest absolute Gasteiger partial charge is 0.481 e. The molecule has 3 rings (SSSR count). The summed E-state index contributed by atoms with van der Waals surface area (Å²) in [5.74, 6) is -2.14. The monoisotopic (exact) mass is 373 g/mol. The molecule has 1 N–H and O–H groups in total. The van der Waals surface area contributed by atoms with Crippen molar-refractivity contribution in [1.29, 1.82) is 0 Å². The van der Waals surface area contributed by atoms with Gasteiger partial charge in [0, 0.05) is 23.7 Å². The van der Waals surface area contributed by atoms with Crippen LogP contribution in [-0.2, 0) is 14.3 Å². The van der Waals surface area contributed by atoms with Gasteiger partial charge in [-0.3, -0.25) is 9.59 Å². The SMILES string of the molecule is O=C(OCC1(C(=O)O)CC(=O)N(c2ccc(Cl)cc2)C1)c1ccccc1. The standard InChI is InChI=1S/C19H16ClNO5/c20-14-6-8-15(9-7-14)21-11-19(18(24)25,10-16(21)22)12-26-17(23)13-4-2-1-3-5-13/h1-9H,10-12H2,(H,24,25). The lowest BCUT2D eigenvalue weighted by Crippen LogP contribution is -2.39. The first-order valence-corrected chi connectivity index (χ1v) is 8.31. The zero-order valence-corrected chi connectivity index (χ0v) is 14.5. The van der Waals surface area contributed by atoms with Crippen molar-refractivity contribution in [2.75, 3.05) is 18.1 Å². The lowest BCUT2D eigenvalue weighted by Gasteiger charge is -2.24. The van der Waals surface area contributed by atoms with Crippen molar-refractivity contribution in [3.05, 3.63) is 65.2 Å². The molecule has 0 aromatic heterocycles. The van der Waals surface area contributed by atoms with Gasteiger partial charge in [0.15, 0.2) is 0 Å². The van der Waals surface area contributed by atoms with E-state index < -0.39 is 17.4 Å². The Labute approximate surface area is 154 Å². The minimum absolute atomic E-state index is 0.0785. The molecule has 1 heterocycles. The topological polar surface area (TPSA) is 83.9 Å². The van der Waals surface area contributed by atoms with Gasteiger partial charge < -0.3 is 14.7 Å². The number of carbonyl (C=O) groups excluding carboxylic acids is 2. The van der Waals surface area contributed by atoms with Gasteiger partial charge in [0.05, 0.1) is 5.56 Å². The molecule has 1 amide bonds. The van der Waals surface area contributed by atoms with E-state index >= 15 is 0 Å². The van der Waals surface area contributed by atoms with Crippen molar-refractivity contribution in [3.63, 3.8) is 0 Å². The minimum atomic E-state index is -1.48. The Morgan fingerprint density at radius 2 is 1.77 bits per heavy atom. The first-order valence-electron chi connectivity index (χ1n) is 7.93. The fourth-order valence-electron chi connectivity index (χ4n) is 2.85. The number of ether oxygens (including phenoxy) is 1. The average molecular weight is 374 g/mol. The summed E-state index contributed by atoms with van der Waals surface area (Å²) in [6, 6.07) is 14.8. The summed E-state index contributed by atoms with van der Waals surface area (Å²) in [6.07, 6.45) is -0.243. The molecule has 2 aromatic rings. The van der Waals surface area contributed by atoms with Gasteiger partial charge in [-0.1, -0.05) is 29.8 Å². The van der Waals surface area contributed by atoms with E-state index in [2.05, 4.69) is 0 Å². The predicted octanol–water partition coefficient (Wildman–Crippen LogP) is 3.00. The number of benzene rings is 2. The van der Waals surface area contributed by atoms with E-state index in [1.54, 1.807) is 54.6 Å². The number of carboxylic acids is 1. The van der Waals surface area contributed by atoms with Crippen LogP contribution < -0.4 is 4.90 Å². The molecule has 0 spiro atoms. The van der Waals surface area contributed by atoms with Crippen LogP contribution in [0.3, 0.4) is 0 Å². The summed E-state index contributed by atoms with van der Waals surface area (Å²) in [7, 11) is 0. The molecule has 0 radical (unpaired) electrons. The van der Waals surface area contributed by atoms with Gasteiger partial charge in [0.1, 0.15) is 12.0 Å². The zero-order chi connectivity index (χ0) is 18.7. The van der Waals surface area contributed by atoms with E-state index in [0.717, 1.165) is 0 Å². The Kier molecular flexibility index (Phi) is 4.95. The van der Waals surface area contributed by atoms with Crippen LogP contribution in [0, 0.1) is 5.41 Å². The Bertz CT molecular complexity index is 837. The summed E-state index contributed by atoms with van der Waals surface area (Å²) < 4.78 is 5.21. The van der Waals surface area contributed by atoms with E-state index in [1.807, 2.05) is 0 Å². The molecule has 6 nitrogen and oxygen atoms in total. The van der Waals surface area contributed by atoms with Gasteiger partial charge >= 0.3 is 11.9 Å². The molecular formula is C19H16ClNO5. The Morgan fingerprint density at radius 1 is 1.12 bits per heavy atom. The zero-order valence-electron chi connectivity index (χ0n) is 13.7. The number of anilines is 1. The third kappa shape index (κ3) is 3.55. The molecule has 1 atom stereocenters. The Balaban J connectivity index is 1.76. The molecule has 2 aromatic carbocycles. The molecule has 1 aliphatic heterocycles. The lowest BCUT2D eigenvalue weighted by atomic mass is 9.88. The molecule has 0 saturated carbocycles. The van der Waals surface area contributed by atoms with Crippen molar-refractivity contribution in [1.82, 2.24) is 0 Å². The van der Waals surface area contributed by atoms with E-state index in [0.29, 0.717) is 16.3 Å². The molecule has 1 unspecified atom stereocenters. The number of carbonyl (C=O) groups is 3. The van der Waals surface area contributed by atoms with Crippen LogP contribution in [0.15, 0.2) is 54.6 Å². The molecule has 134 valence electrons. The molecule has 26 heavy (non-hydrogen) atoms. The van der Waals surface area contributed by atoms with Gasteiger partial charge in [0.2, 0.25) is 5.91 Å². The highest BCUT2D eigenvalue weighted by molar-refractivity contribution is 6.30. The molecule has 0 bridgehead atoms. The Morgan fingerprint density at radius 3 is 2.38 bits per heavy atom. The molecule has 1 aliphatic rings. The smallest absolute Gasteiger partial charge is 0.338 e. The normalized spacial score (nSPS) is 19.4. The third-order valence-electron chi connectivity index (χ3n) is 4.33. The fourth-order valence-corrected chi connectivity index (χ4v) is 2.98. The van der Waals surface area contributed by atoms with Crippen LogP contribution in [-0.4, -0.2) is 36.1 Å². The molecule has 1 saturated heterocycles. The second-order valence-corrected chi connectivity index (χ2v) is 6.60. The van der Waals surface area contributed by atoms with Crippen molar-refractivity contribution in [2.45, 2.75) is 6.42 Å². The first kappa shape index (κ1) is 17.9. The Hall–Kier alpha value is -2.86. The highest BCUT2D eigenvalue weighted by Crippen LogP contribution is 2.36. The van der Waals surface area contributed by atoms with Gasteiger partial charge in [-0.25, -0.2) is 4.79 Å². The van der Waals surface area contributed by atoms with Crippen molar-refractivity contribution >= 4 is 35.1 Å². The van der Waals surface area contributed by atoms with Gasteiger partial charge in [-0.05, 0) is 36.4 Å². The number of hydrogen-bond acceptors (Lipinski definition) is 4. The van der Waals surface area contributed by atoms with E-state index in [1.165, 1.54) is 4.90 Å². The number of hydrogen-bond donors (Lipinski definition) is 1. The van der Waals surface area contributed by atoms with Gasteiger partial charge in [-0.2, -0.15) is 0 Å². The number of esters is 1. The minimum Gasteiger partial charge on any atom is -0.481 e. The van der Waals surface area contributed by atoms with E-state index in [-0.39, 0.29) is 25.5 Å². The number of halogens is 1. The van der Waals surface area contributed by atoms with Crippen LogP contribution in [0.2, 0.25) is 5.02 Å². The fraction of sp³-hybridized carbons (Fsp3) is 0.211. The molecular weight excluding hydrogens is 358 g/mol. The van der Waals surface area contributed by atoms with E-state index in [9.17, 15) is 19.5 Å². The van der Waals surface area contributed by atoms with Crippen molar-refractivity contribution < 1.29 is 24.2 Å². The molecule has 1 fully saturated rings. The maximum atomic E-state index is 12.4. The summed E-state index contributed by atoms with van der Waals surface area (Å²) >= 11 is 5.85. The molecule has 0 aliphatic carbocycles. The van der Waals surface area contributed by atoms with Crippen molar-refractivity contribution in [2.24, 2.45) is 5.41 Å². The van der Waals surface area contributed by atoms with Crippen LogP contribution in [0.5, 0.6) is 0 Å². The number of aliphatic carboxylic acids is 1. The summed E-state index contributed by atoms with van der Waals surface area (Å²) in [4.78, 5) is 37.7. The van der Waals surface area contributed by atoms with Crippen LogP contribution >= 0.6 is 11.6 Å². The van der Waals surface area contributed by atoms with E-state index in [4.69, 9.17) is 16.3 Å². The average Bonchev–Trinajstić information content (AvgIpc) is 2.99. The number of amides is 1. The van der Waals surface area contributed by atoms with Crippen LogP contribution in [0.1, 0.15) is 16.8 Å². The number of rotatable bonds is 5. The number of carboxylic acid groups (broad SMARTS) is 1.